The third-order valence-electron chi connectivity index (χ3n) is 2.74. The van der Waals surface area contributed by atoms with Crippen molar-refractivity contribution in [3.05, 3.63) is 18.2 Å². The van der Waals surface area contributed by atoms with E-state index in [-0.39, 0.29) is 18.8 Å². The quantitative estimate of drug-likeness (QED) is 0.736. The summed E-state index contributed by atoms with van der Waals surface area (Å²) >= 11 is 0. The fourth-order valence-corrected chi connectivity index (χ4v) is 1.36. The van der Waals surface area contributed by atoms with Gasteiger partial charge in [-0.05, 0) is 6.92 Å². The van der Waals surface area contributed by atoms with E-state index in [2.05, 4.69) is 20.6 Å². The van der Waals surface area contributed by atoms with Gasteiger partial charge in [0.1, 0.15) is 6.61 Å². The lowest BCUT2D eigenvalue weighted by Gasteiger charge is -2.26. The van der Waals surface area contributed by atoms with E-state index in [4.69, 9.17) is 4.74 Å². The van der Waals surface area contributed by atoms with Crippen LogP contribution in [0, 0.1) is 0 Å². The molecule has 3 N–H and O–H groups in total. The second kappa shape index (κ2) is 7.36. The number of ether oxygens (including phenoxy) is 1. The number of aromatic nitrogens is 2. The first kappa shape index (κ1) is 18.1. The molecule has 1 rings (SSSR count). The van der Waals surface area contributed by atoms with Gasteiger partial charge in [0.15, 0.2) is 11.4 Å². The lowest BCUT2D eigenvalue weighted by Crippen LogP contribution is -2.45. The van der Waals surface area contributed by atoms with Crippen molar-refractivity contribution in [1.29, 1.82) is 0 Å². The summed E-state index contributed by atoms with van der Waals surface area (Å²) in [4.78, 5) is 19.3. The summed E-state index contributed by atoms with van der Waals surface area (Å²) in [7, 11) is 1.48. The summed E-state index contributed by atoms with van der Waals surface area (Å²) in [5.74, 6) is 0.426. The van der Waals surface area contributed by atoms with Crippen LogP contribution in [0.4, 0.5) is 23.7 Å². The van der Waals surface area contributed by atoms with Gasteiger partial charge >= 0.3 is 12.2 Å². The fraction of sp³-hybridized carbons (Fsp3) is 0.583. The number of carbonyl (C=O) groups is 1. The second-order valence-corrected chi connectivity index (χ2v) is 4.72. The molecule has 124 valence electrons. The van der Waals surface area contributed by atoms with E-state index in [9.17, 15) is 23.1 Å². The number of carbonyl (C=O) groups excluding carboxylic acids is 1. The van der Waals surface area contributed by atoms with Crippen molar-refractivity contribution in [3.8, 4) is 0 Å². The van der Waals surface area contributed by atoms with E-state index in [1.165, 1.54) is 19.5 Å². The molecule has 0 aliphatic heterocycles. The minimum absolute atomic E-state index is 0.221. The Labute approximate surface area is 124 Å². The Hall–Kier alpha value is -1.94. The van der Waals surface area contributed by atoms with Crippen LogP contribution in [-0.4, -0.2) is 46.5 Å². The Balaban J connectivity index is 2.40. The summed E-state index contributed by atoms with van der Waals surface area (Å²) in [6, 6.07) is -0.721. The van der Waals surface area contributed by atoms with Gasteiger partial charge in [-0.2, -0.15) is 13.2 Å². The van der Waals surface area contributed by atoms with Crippen LogP contribution in [0.2, 0.25) is 0 Å². The molecule has 0 fully saturated rings. The zero-order valence-corrected chi connectivity index (χ0v) is 12.1. The highest BCUT2D eigenvalue weighted by molar-refractivity contribution is 5.88. The Bertz CT molecular complexity index is 491. The van der Waals surface area contributed by atoms with Crippen molar-refractivity contribution < 1.29 is 27.8 Å². The first-order valence-corrected chi connectivity index (χ1v) is 6.29. The average molecular weight is 322 g/mol. The van der Waals surface area contributed by atoms with E-state index in [0.717, 1.165) is 0 Å². The number of rotatable bonds is 6. The number of amides is 2. The molecular weight excluding hydrogens is 305 g/mol. The van der Waals surface area contributed by atoms with Crippen LogP contribution >= 0.6 is 0 Å². The number of nitrogens with one attached hydrogen (secondary N) is 2. The number of hydrogen-bond donors (Lipinski definition) is 3. The van der Waals surface area contributed by atoms with Crippen molar-refractivity contribution in [2.75, 3.05) is 19.0 Å². The molecule has 1 unspecified atom stereocenters. The topological polar surface area (TPSA) is 96.4 Å². The zero-order chi connectivity index (χ0) is 16.8. The van der Waals surface area contributed by atoms with Gasteiger partial charge in [-0.3, -0.25) is 0 Å². The third kappa shape index (κ3) is 5.45. The predicted molar refractivity (Wildman–Crippen MR) is 71.1 cm³/mol. The second-order valence-electron chi connectivity index (χ2n) is 4.72. The maximum absolute atomic E-state index is 12.4. The number of hydrogen-bond acceptors (Lipinski definition) is 5. The summed E-state index contributed by atoms with van der Waals surface area (Å²) in [6.07, 6.45) is -2.73. The first-order valence-electron chi connectivity index (χ1n) is 6.29. The van der Waals surface area contributed by atoms with Gasteiger partial charge in [-0.1, -0.05) is 0 Å². The van der Waals surface area contributed by atoms with E-state index in [1.54, 1.807) is 0 Å². The highest BCUT2D eigenvalue weighted by atomic mass is 19.4. The largest absolute Gasteiger partial charge is 0.416 e. The summed E-state index contributed by atoms with van der Waals surface area (Å²) in [6.45, 7) is 0.523. The average Bonchev–Trinajstić information content (AvgIpc) is 2.40. The van der Waals surface area contributed by atoms with E-state index >= 15 is 0 Å². The van der Waals surface area contributed by atoms with Gasteiger partial charge in [-0.15, -0.1) is 0 Å². The number of halogens is 3. The van der Waals surface area contributed by atoms with Crippen LogP contribution in [0.25, 0.3) is 0 Å². The normalized spacial score (nSPS) is 14.3. The van der Waals surface area contributed by atoms with Crippen LogP contribution in [0.3, 0.4) is 0 Å². The van der Waals surface area contributed by atoms with Crippen molar-refractivity contribution in [1.82, 2.24) is 15.3 Å². The van der Waals surface area contributed by atoms with Gasteiger partial charge in [0.05, 0.1) is 18.1 Å². The third-order valence-corrected chi connectivity index (χ3v) is 2.74. The van der Waals surface area contributed by atoms with Crippen molar-refractivity contribution in [2.24, 2.45) is 0 Å². The standard InChI is InChI=1S/C12H17F3N4O3/c1-11(21,12(13,14)15)3-4-16-10(20)19-8-5-17-9(7-22-2)18-6-8/h5-6,21H,3-4,7H2,1-2H3,(H2,16,19,20). The fourth-order valence-electron chi connectivity index (χ4n) is 1.36. The predicted octanol–water partition coefficient (Wildman–Crippen LogP) is 1.45. The molecule has 0 spiro atoms. The Morgan fingerprint density at radius 2 is 1.95 bits per heavy atom. The summed E-state index contributed by atoms with van der Waals surface area (Å²) in [5, 5.41) is 13.8. The Morgan fingerprint density at radius 3 is 2.45 bits per heavy atom. The number of aliphatic hydroxyl groups is 1. The minimum atomic E-state index is -4.75. The van der Waals surface area contributed by atoms with Crippen LogP contribution < -0.4 is 10.6 Å². The number of methoxy groups -OCH3 is 1. The molecule has 0 aliphatic carbocycles. The van der Waals surface area contributed by atoms with Crippen molar-refractivity contribution in [2.45, 2.75) is 31.7 Å². The number of anilines is 1. The number of alkyl halides is 3. The van der Waals surface area contributed by atoms with Crippen LogP contribution in [-0.2, 0) is 11.3 Å². The molecule has 2 amide bonds. The highest BCUT2D eigenvalue weighted by Gasteiger charge is 2.49. The highest BCUT2D eigenvalue weighted by Crippen LogP contribution is 2.32. The maximum atomic E-state index is 12.4. The van der Waals surface area contributed by atoms with Gasteiger partial charge in [0.2, 0.25) is 0 Å². The molecular formula is C12H17F3N4O3. The first-order chi connectivity index (χ1) is 10.2. The molecule has 0 saturated heterocycles. The molecule has 1 aromatic rings. The summed E-state index contributed by atoms with van der Waals surface area (Å²) < 4.78 is 42.0. The molecule has 10 heteroatoms. The number of urea groups is 1. The van der Waals surface area contributed by atoms with E-state index < -0.39 is 24.2 Å². The zero-order valence-electron chi connectivity index (χ0n) is 12.1. The van der Waals surface area contributed by atoms with Crippen LogP contribution in [0.1, 0.15) is 19.2 Å². The lowest BCUT2D eigenvalue weighted by molar-refractivity contribution is -0.254. The van der Waals surface area contributed by atoms with E-state index in [1.807, 2.05) is 0 Å². The molecule has 0 radical (unpaired) electrons. The van der Waals surface area contributed by atoms with E-state index in [0.29, 0.717) is 12.7 Å². The molecule has 0 aliphatic rings. The molecule has 1 atom stereocenters. The van der Waals surface area contributed by atoms with Crippen LogP contribution in [0.15, 0.2) is 12.4 Å². The Kier molecular flexibility index (Phi) is 6.06. The maximum Gasteiger partial charge on any atom is 0.416 e. The smallest absolute Gasteiger partial charge is 0.381 e. The van der Waals surface area contributed by atoms with Crippen molar-refractivity contribution >= 4 is 11.7 Å². The van der Waals surface area contributed by atoms with Gasteiger partial charge in [-0.25, -0.2) is 14.8 Å². The van der Waals surface area contributed by atoms with Gasteiger partial charge < -0.3 is 20.5 Å². The summed E-state index contributed by atoms with van der Waals surface area (Å²) in [5.41, 5.74) is -2.58. The molecule has 7 nitrogen and oxygen atoms in total. The molecule has 1 aromatic heterocycles. The molecule has 1 heterocycles. The van der Waals surface area contributed by atoms with Crippen LogP contribution in [0.5, 0.6) is 0 Å². The minimum Gasteiger partial charge on any atom is -0.381 e. The number of nitrogens with zero attached hydrogens (tertiary/aromatic N) is 2. The lowest BCUT2D eigenvalue weighted by atomic mass is 10.0. The monoisotopic (exact) mass is 322 g/mol. The molecule has 0 aromatic carbocycles. The van der Waals surface area contributed by atoms with Gasteiger partial charge in [0.25, 0.3) is 0 Å². The van der Waals surface area contributed by atoms with Gasteiger partial charge in [0, 0.05) is 20.1 Å². The molecule has 0 bridgehead atoms. The molecule has 0 saturated carbocycles. The molecule has 22 heavy (non-hydrogen) atoms. The Morgan fingerprint density at radius 1 is 1.36 bits per heavy atom. The SMILES string of the molecule is COCc1ncc(NC(=O)NCCC(C)(O)C(F)(F)F)cn1. The van der Waals surface area contributed by atoms with Crippen molar-refractivity contribution in [3.63, 3.8) is 0 Å².